The Kier molecular flexibility index (Phi) is 2.51. The van der Waals surface area contributed by atoms with Crippen molar-refractivity contribution in [1.29, 1.82) is 0 Å². The average Bonchev–Trinajstić information content (AvgIpc) is 2.84. The van der Waals surface area contributed by atoms with E-state index < -0.39 is 0 Å². The van der Waals surface area contributed by atoms with E-state index in [4.69, 9.17) is 0 Å². The molecule has 2 nitrogen and oxygen atoms in total. The van der Waals surface area contributed by atoms with Crippen LogP contribution in [0.15, 0.2) is 42.5 Å². The molecule has 98 valence electrons. The number of benzene rings is 2. The highest BCUT2D eigenvalue weighted by molar-refractivity contribution is 14.1. The molecular formula is C16H10FIN2. The molecule has 2 aliphatic rings. The zero-order chi connectivity index (χ0) is 13.9. The molecule has 20 heavy (non-hydrogen) atoms. The minimum atomic E-state index is -0.227. The lowest BCUT2D eigenvalue weighted by Crippen LogP contribution is -2.01. The Hall–Kier alpha value is -1.69. The summed E-state index contributed by atoms with van der Waals surface area (Å²) in [5.74, 6) is -0.227. The second-order valence-electron chi connectivity index (χ2n) is 4.86. The lowest BCUT2D eigenvalue weighted by molar-refractivity contribution is 0.629. The maximum Gasteiger partial charge on any atom is 0.124 e. The van der Waals surface area contributed by atoms with Gasteiger partial charge in [-0.2, -0.15) is 0 Å². The number of fused-ring (bicyclic) bond motifs is 4. The average molecular weight is 376 g/mol. The molecule has 0 saturated carbocycles. The van der Waals surface area contributed by atoms with E-state index in [-0.39, 0.29) is 5.82 Å². The van der Waals surface area contributed by atoms with Crippen molar-refractivity contribution in [1.82, 2.24) is 9.55 Å². The number of nitrogens with zero attached hydrogens (tertiary/aromatic N) is 2. The Balaban J connectivity index is 2.32. The molecule has 0 saturated heterocycles. The first-order chi connectivity index (χ1) is 9.66. The van der Waals surface area contributed by atoms with E-state index in [9.17, 15) is 4.39 Å². The van der Waals surface area contributed by atoms with Crippen LogP contribution < -0.4 is 0 Å². The molecule has 0 N–H and O–H groups in total. The zero-order valence-electron chi connectivity index (χ0n) is 10.7. The fourth-order valence-electron chi connectivity index (χ4n) is 2.79. The minimum absolute atomic E-state index is 0.227. The van der Waals surface area contributed by atoms with E-state index in [1.54, 1.807) is 12.1 Å². The summed E-state index contributed by atoms with van der Waals surface area (Å²) in [6.45, 7) is 0. The van der Waals surface area contributed by atoms with Crippen molar-refractivity contribution >= 4 is 44.4 Å². The summed E-state index contributed by atoms with van der Waals surface area (Å²) in [6.07, 6.45) is 0. The highest BCUT2D eigenvalue weighted by atomic mass is 127. The van der Waals surface area contributed by atoms with E-state index in [1.165, 1.54) is 11.5 Å². The molecule has 2 aromatic carbocycles. The molecule has 0 amide bonds. The van der Waals surface area contributed by atoms with Crippen molar-refractivity contribution in [3.05, 3.63) is 51.9 Å². The van der Waals surface area contributed by atoms with Gasteiger partial charge in [-0.1, -0.05) is 18.2 Å². The van der Waals surface area contributed by atoms with Crippen LogP contribution in [0.5, 0.6) is 0 Å². The highest BCUT2D eigenvalue weighted by Crippen LogP contribution is 2.38. The quantitative estimate of drug-likeness (QED) is 0.411. The molecule has 2 heterocycles. The third kappa shape index (κ3) is 1.51. The molecule has 0 unspecified atom stereocenters. The van der Waals surface area contributed by atoms with Gasteiger partial charge < -0.3 is 4.57 Å². The van der Waals surface area contributed by atoms with Gasteiger partial charge in [0.1, 0.15) is 11.5 Å². The second kappa shape index (κ2) is 4.15. The standard InChI is InChI=1S/C16H10FIN2/c1-20-13-5-3-2-4-10(13)14(18)15-16(20)11-8-9(17)6-7-12(11)19-15/h2-8H,1H3. The van der Waals surface area contributed by atoms with Gasteiger partial charge in [0.2, 0.25) is 0 Å². The van der Waals surface area contributed by atoms with E-state index in [0.29, 0.717) is 0 Å². The first-order valence-electron chi connectivity index (χ1n) is 6.28. The van der Waals surface area contributed by atoms with Gasteiger partial charge in [0.15, 0.2) is 0 Å². The summed E-state index contributed by atoms with van der Waals surface area (Å²) >= 11 is 2.33. The molecule has 0 radical (unpaired) electrons. The van der Waals surface area contributed by atoms with Crippen LogP contribution in [0.2, 0.25) is 0 Å². The number of para-hydroxylation sites is 1. The van der Waals surface area contributed by atoms with Crippen LogP contribution in [0.3, 0.4) is 0 Å². The van der Waals surface area contributed by atoms with Gasteiger partial charge in [-0.3, -0.25) is 0 Å². The Morgan fingerprint density at radius 2 is 1.90 bits per heavy atom. The van der Waals surface area contributed by atoms with Gasteiger partial charge in [0.25, 0.3) is 0 Å². The van der Waals surface area contributed by atoms with Crippen molar-refractivity contribution in [2.75, 3.05) is 0 Å². The summed E-state index contributed by atoms with van der Waals surface area (Å²) in [7, 11) is 2.01. The van der Waals surface area contributed by atoms with Gasteiger partial charge in [-0.25, -0.2) is 9.37 Å². The number of pyridine rings is 1. The number of aryl methyl sites for hydroxylation is 1. The zero-order valence-corrected chi connectivity index (χ0v) is 12.8. The molecule has 0 bridgehead atoms. The topological polar surface area (TPSA) is 17.8 Å². The van der Waals surface area contributed by atoms with Gasteiger partial charge in [-0.05, 0) is 46.9 Å². The number of aromatic nitrogens is 2. The minimum Gasteiger partial charge on any atom is -0.342 e. The van der Waals surface area contributed by atoms with Crippen molar-refractivity contribution in [2.24, 2.45) is 7.05 Å². The first-order valence-corrected chi connectivity index (χ1v) is 7.36. The third-order valence-corrected chi connectivity index (χ3v) is 4.81. The Morgan fingerprint density at radius 1 is 1.10 bits per heavy atom. The summed E-state index contributed by atoms with van der Waals surface area (Å²) in [4.78, 5) is 4.67. The summed E-state index contributed by atoms with van der Waals surface area (Å²) in [5.41, 5.74) is 3.89. The van der Waals surface area contributed by atoms with Gasteiger partial charge in [0, 0.05) is 23.3 Å². The lowest BCUT2D eigenvalue weighted by atomic mass is 10.1. The molecule has 0 fully saturated rings. The SMILES string of the molecule is Cn1c2c3cc(F)ccc3nc-2c(I)c2ccccc21. The Labute approximate surface area is 128 Å². The van der Waals surface area contributed by atoms with Crippen LogP contribution in [0.1, 0.15) is 0 Å². The van der Waals surface area contributed by atoms with E-state index >= 15 is 0 Å². The maximum absolute atomic E-state index is 13.5. The first kappa shape index (κ1) is 12.1. The summed E-state index contributed by atoms with van der Waals surface area (Å²) in [6, 6.07) is 13.0. The molecule has 2 aromatic rings. The number of hydrogen-bond donors (Lipinski definition) is 0. The van der Waals surface area contributed by atoms with Crippen LogP contribution in [0.4, 0.5) is 4.39 Å². The molecular weight excluding hydrogens is 366 g/mol. The monoisotopic (exact) mass is 376 g/mol. The highest BCUT2D eigenvalue weighted by Gasteiger charge is 2.20. The van der Waals surface area contributed by atoms with Crippen molar-refractivity contribution < 1.29 is 4.39 Å². The normalized spacial score (nSPS) is 11.8. The van der Waals surface area contributed by atoms with Crippen molar-refractivity contribution in [3.8, 4) is 11.4 Å². The fraction of sp³-hybridized carbons (Fsp3) is 0.0625. The van der Waals surface area contributed by atoms with Gasteiger partial charge in [-0.15, -0.1) is 0 Å². The molecule has 0 aliphatic carbocycles. The van der Waals surface area contributed by atoms with Crippen LogP contribution in [-0.2, 0) is 7.05 Å². The number of rotatable bonds is 0. The summed E-state index contributed by atoms with van der Waals surface area (Å²) < 4.78 is 16.8. The van der Waals surface area contributed by atoms with Crippen LogP contribution in [0.25, 0.3) is 33.2 Å². The Morgan fingerprint density at radius 3 is 2.75 bits per heavy atom. The largest absolute Gasteiger partial charge is 0.342 e. The number of halogens is 2. The predicted molar refractivity (Wildman–Crippen MR) is 87.5 cm³/mol. The molecule has 2 aliphatic heterocycles. The van der Waals surface area contributed by atoms with Crippen LogP contribution in [0, 0.1) is 9.39 Å². The van der Waals surface area contributed by atoms with E-state index in [2.05, 4.69) is 44.3 Å². The molecule has 0 spiro atoms. The molecule has 4 rings (SSSR count). The predicted octanol–water partition coefficient (Wildman–Crippen LogP) is 4.58. The fourth-order valence-corrected chi connectivity index (χ4v) is 3.62. The van der Waals surface area contributed by atoms with Crippen LogP contribution >= 0.6 is 22.6 Å². The molecule has 4 heteroatoms. The van der Waals surface area contributed by atoms with Gasteiger partial charge >= 0.3 is 0 Å². The molecule has 0 atom stereocenters. The van der Waals surface area contributed by atoms with E-state index in [0.717, 1.165) is 31.4 Å². The van der Waals surface area contributed by atoms with E-state index in [1.807, 2.05) is 19.2 Å². The smallest absolute Gasteiger partial charge is 0.124 e. The maximum atomic E-state index is 13.5. The van der Waals surface area contributed by atoms with Crippen LogP contribution in [-0.4, -0.2) is 9.55 Å². The summed E-state index contributed by atoms with van der Waals surface area (Å²) in [5, 5.41) is 2.04. The van der Waals surface area contributed by atoms with Gasteiger partial charge in [0.05, 0.1) is 14.8 Å². The second-order valence-corrected chi connectivity index (χ2v) is 5.94. The third-order valence-electron chi connectivity index (χ3n) is 3.72. The Bertz CT molecular complexity index is 942. The van der Waals surface area contributed by atoms with Crippen molar-refractivity contribution in [3.63, 3.8) is 0 Å². The van der Waals surface area contributed by atoms with Crippen molar-refractivity contribution in [2.45, 2.75) is 0 Å². The number of hydrogen-bond acceptors (Lipinski definition) is 1. The lowest BCUT2D eigenvalue weighted by Gasteiger charge is -2.14. The molecule has 0 aromatic heterocycles.